The van der Waals surface area contributed by atoms with Gasteiger partial charge in [-0.2, -0.15) is 17.9 Å². The standard InChI is InChI=1S/C14H22N2O5S/c1-10(2)13(14(17)21-4)16-22(18,19)15-9-11-5-7-12(20-3)8-6-11/h5-8,10,13,15-16H,9H2,1-4H3/t13-/m1/s1. The van der Waals surface area contributed by atoms with Gasteiger partial charge in [-0.05, 0) is 23.6 Å². The molecule has 124 valence electrons. The van der Waals surface area contributed by atoms with Gasteiger partial charge in [-0.15, -0.1) is 0 Å². The molecule has 2 N–H and O–H groups in total. The third kappa shape index (κ3) is 5.63. The smallest absolute Gasteiger partial charge is 0.324 e. The van der Waals surface area contributed by atoms with E-state index in [0.717, 1.165) is 5.56 Å². The highest BCUT2D eigenvalue weighted by Crippen LogP contribution is 2.11. The van der Waals surface area contributed by atoms with E-state index in [1.807, 2.05) is 0 Å². The third-order valence-corrected chi connectivity index (χ3v) is 4.12. The highest BCUT2D eigenvalue weighted by Gasteiger charge is 2.27. The molecule has 0 aromatic heterocycles. The van der Waals surface area contributed by atoms with Crippen LogP contribution in [0.15, 0.2) is 24.3 Å². The zero-order chi connectivity index (χ0) is 16.8. The molecule has 0 saturated carbocycles. The molecular formula is C14H22N2O5S. The fraction of sp³-hybridized carbons (Fsp3) is 0.500. The number of benzene rings is 1. The molecule has 22 heavy (non-hydrogen) atoms. The maximum absolute atomic E-state index is 12.0. The summed E-state index contributed by atoms with van der Waals surface area (Å²) in [5.74, 6) is -0.162. The van der Waals surface area contributed by atoms with E-state index in [9.17, 15) is 13.2 Å². The van der Waals surface area contributed by atoms with E-state index in [2.05, 4.69) is 14.2 Å². The normalized spacial score (nSPS) is 13.0. The third-order valence-electron chi connectivity index (χ3n) is 3.03. The van der Waals surface area contributed by atoms with Gasteiger partial charge >= 0.3 is 5.97 Å². The monoisotopic (exact) mass is 330 g/mol. The number of methoxy groups -OCH3 is 2. The Hall–Kier alpha value is -1.64. The Morgan fingerprint density at radius 1 is 1.18 bits per heavy atom. The van der Waals surface area contributed by atoms with E-state index >= 15 is 0 Å². The summed E-state index contributed by atoms with van der Waals surface area (Å²) in [5, 5.41) is 0. The molecule has 0 amide bonds. The predicted molar refractivity (Wildman–Crippen MR) is 82.5 cm³/mol. The van der Waals surface area contributed by atoms with E-state index in [0.29, 0.717) is 5.75 Å². The first-order valence-electron chi connectivity index (χ1n) is 6.76. The van der Waals surface area contributed by atoms with Gasteiger partial charge < -0.3 is 9.47 Å². The quantitative estimate of drug-likeness (QED) is 0.688. The van der Waals surface area contributed by atoms with Gasteiger partial charge in [0.05, 0.1) is 14.2 Å². The SMILES string of the molecule is COC(=O)[C@H](NS(=O)(=O)NCc1ccc(OC)cc1)C(C)C. The van der Waals surface area contributed by atoms with Crippen LogP contribution in [0, 0.1) is 5.92 Å². The van der Waals surface area contributed by atoms with E-state index in [4.69, 9.17) is 4.74 Å². The largest absolute Gasteiger partial charge is 0.497 e. The molecule has 0 aliphatic carbocycles. The second-order valence-electron chi connectivity index (χ2n) is 5.04. The maximum Gasteiger partial charge on any atom is 0.324 e. The molecule has 8 heteroatoms. The average Bonchev–Trinajstić information content (AvgIpc) is 2.50. The lowest BCUT2D eigenvalue weighted by Gasteiger charge is -2.20. The van der Waals surface area contributed by atoms with Gasteiger partial charge in [-0.3, -0.25) is 4.79 Å². The second kappa shape index (κ2) is 8.11. The van der Waals surface area contributed by atoms with E-state index in [1.54, 1.807) is 45.2 Å². The zero-order valence-corrected chi connectivity index (χ0v) is 13.9. The highest BCUT2D eigenvalue weighted by atomic mass is 32.2. The van der Waals surface area contributed by atoms with Crippen LogP contribution in [0.2, 0.25) is 0 Å². The molecule has 0 spiro atoms. The van der Waals surface area contributed by atoms with Crippen molar-refractivity contribution in [3.63, 3.8) is 0 Å². The van der Waals surface area contributed by atoms with Crippen LogP contribution in [0.5, 0.6) is 5.75 Å². The van der Waals surface area contributed by atoms with Gasteiger partial charge in [0, 0.05) is 6.54 Å². The number of esters is 1. The average molecular weight is 330 g/mol. The van der Waals surface area contributed by atoms with Gasteiger partial charge in [0.2, 0.25) is 0 Å². The van der Waals surface area contributed by atoms with Crippen LogP contribution in [0.1, 0.15) is 19.4 Å². The molecule has 1 aromatic carbocycles. The summed E-state index contributed by atoms with van der Waals surface area (Å²) in [6.07, 6.45) is 0. The minimum atomic E-state index is -3.83. The van der Waals surface area contributed by atoms with Gasteiger partial charge in [-0.1, -0.05) is 26.0 Å². The summed E-state index contributed by atoms with van der Waals surface area (Å²) in [6.45, 7) is 3.56. The molecule has 0 bridgehead atoms. The summed E-state index contributed by atoms with van der Waals surface area (Å²) in [6, 6.07) is 6.05. The molecule has 1 aromatic rings. The second-order valence-corrected chi connectivity index (χ2v) is 6.57. The van der Waals surface area contributed by atoms with E-state index < -0.39 is 22.2 Å². The van der Waals surface area contributed by atoms with Crippen LogP contribution in [-0.4, -0.2) is 34.6 Å². The van der Waals surface area contributed by atoms with Gasteiger partial charge in [0.15, 0.2) is 0 Å². The fourth-order valence-electron chi connectivity index (χ4n) is 1.71. The number of carbonyl (C=O) groups is 1. The molecule has 0 radical (unpaired) electrons. The van der Waals surface area contributed by atoms with Crippen LogP contribution in [-0.2, 0) is 26.3 Å². The summed E-state index contributed by atoms with van der Waals surface area (Å²) in [5.41, 5.74) is 0.769. The Morgan fingerprint density at radius 3 is 2.23 bits per heavy atom. The summed E-state index contributed by atoms with van der Waals surface area (Å²) < 4.78 is 38.3. The Balaban J connectivity index is 2.67. The fourth-order valence-corrected chi connectivity index (χ4v) is 2.86. The lowest BCUT2D eigenvalue weighted by Crippen LogP contribution is -2.49. The molecule has 7 nitrogen and oxygen atoms in total. The van der Waals surface area contributed by atoms with Crippen molar-refractivity contribution in [3.8, 4) is 5.75 Å². The number of nitrogens with one attached hydrogen (secondary N) is 2. The molecule has 0 unspecified atom stereocenters. The van der Waals surface area contributed by atoms with Crippen molar-refractivity contribution < 1.29 is 22.7 Å². The van der Waals surface area contributed by atoms with Crippen molar-refractivity contribution in [2.45, 2.75) is 26.4 Å². The summed E-state index contributed by atoms with van der Waals surface area (Å²) >= 11 is 0. The van der Waals surface area contributed by atoms with Gasteiger partial charge in [-0.25, -0.2) is 0 Å². The maximum atomic E-state index is 12.0. The van der Waals surface area contributed by atoms with Crippen molar-refractivity contribution in [1.29, 1.82) is 0 Å². The molecular weight excluding hydrogens is 308 g/mol. The number of ether oxygens (including phenoxy) is 2. The van der Waals surface area contributed by atoms with E-state index in [1.165, 1.54) is 7.11 Å². The zero-order valence-electron chi connectivity index (χ0n) is 13.1. The molecule has 0 saturated heterocycles. The predicted octanol–water partition coefficient (Wildman–Crippen LogP) is 0.817. The molecule has 0 aliphatic rings. The van der Waals surface area contributed by atoms with Crippen LogP contribution >= 0.6 is 0 Å². The lowest BCUT2D eigenvalue weighted by atomic mass is 10.1. The first kappa shape index (κ1) is 18.4. The molecule has 0 fully saturated rings. The molecule has 0 aliphatic heterocycles. The summed E-state index contributed by atoms with van der Waals surface area (Å²) in [7, 11) is -1.05. The number of carbonyl (C=O) groups excluding carboxylic acids is 1. The van der Waals surface area contributed by atoms with Crippen molar-refractivity contribution in [3.05, 3.63) is 29.8 Å². The Kier molecular flexibility index (Phi) is 6.79. The lowest BCUT2D eigenvalue weighted by molar-refractivity contribution is -0.143. The Labute approximate surface area is 131 Å². The molecule has 1 atom stereocenters. The Bertz CT molecular complexity index is 584. The van der Waals surface area contributed by atoms with Crippen molar-refractivity contribution >= 4 is 16.2 Å². The Morgan fingerprint density at radius 2 is 1.77 bits per heavy atom. The van der Waals surface area contributed by atoms with Crippen molar-refractivity contribution in [1.82, 2.24) is 9.44 Å². The summed E-state index contributed by atoms with van der Waals surface area (Å²) in [4.78, 5) is 11.6. The number of rotatable bonds is 8. The molecule has 1 rings (SSSR count). The van der Waals surface area contributed by atoms with Crippen LogP contribution in [0.3, 0.4) is 0 Å². The van der Waals surface area contributed by atoms with E-state index in [-0.39, 0.29) is 12.5 Å². The van der Waals surface area contributed by atoms with Gasteiger partial charge in [0.25, 0.3) is 10.2 Å². The van der Waals surface area contributed by atoms with Crippen LogP contribution < -0.4 is 14.2 Å². The molecule has 0 heterocycles. The van der Waals surface area contributed by atoms with Crippen molar-refractivity contribution in [2.75, 3.05) is 14.2 Å². The minimum absolute atomic E-state index is 0.102. The van der Waals surface area contributed by atoms with Crippen LogP contribution in [0.25, 0.3) is 0 Å². The topological polar surface area (TPSA) is 93.7 Å². The van der Waals surface area contributed by atoms with Gasteiger partial charge in [0.1, 0.15) is 11.8 Å². The number of hydrogen-bond donors (Lipinski definition) is 2. The van der Waals surface area contributed by atoms with Crippen LogP contribution in [0.4, 0.5) is 0 Å². The number of hydrogen-bond acceptors (Lipinski definition) is 5. The highest BCUT2D eigenvalue weighted by molar-refractivity contribution is 7.87. The first-order chi connectivity index (χ1) is 10.3. The first-order valence-corrected chi connectivity index (χ1v) is 8.25. The van der Waals surface area contributed by atoms with Crippen molar-refractivity contribution in [2.24, 2.45) is 5.92 Å². The minimum Gasteiger partial charge on any atom is -0.497 e.